The van der Waals surface area contributed by atoms with Crippen LogP contribution in [-0.2, 0) is 0 Å². The van der Waals surface area contributed by atoms with Gasteiger partial charge in [-0.3, -0.25) is 4.79 Å². The van der Waals surface area contributed by atoms with E-state index >= 15 is 0 Å². The number of benzene rings is 3. The molecule has 0 saturated heterocycles. The number of carbonyl (C=O) groups excluding carboxylic acids is 1. The molecule has 0 bridgehead atoms. The minimum atomic E-state index is -0.163. The maximum Gasteiger partial charge on any atom is 0.255 e. The Morgan fingerprint density at radius 1 is 1.00 bits per heavy atom. The van der Waals surface area contributed by atoms with Gasteiger partial charge in [-0.25, -0.2) is 0 Å². The molecule has 3 rings (SSSR count). The minimum Gasteiger partial charge on any atom is -0.321 e. The Morgan fingerprint density at radius 2 is 1.76 bits per heavy atom. The van der Waals surface area contributed by atoms with Crippen LogP contribution in [0.15, 0.2) is 65.1 Å². The molecule has 0 aromatic heterocycles. The van der Waals surface area contributed by atoms with Crippen LogP contribution in [-0.4, -0.2) is 5.91 Å². The van der Waals surface area contributed by atoms with Crippen LogP contribution in [0.1, 0.15) is 10.4 Å². The van der Waals surface area contributed by atoms with Crippen molar-refractivity contribution in [3.8, 4) is 0 Å². The average molecular weight is 361 g/mol. The van der Waals surface area contributed by atoms with E-state index < -0.39 is 0 Å². The fraction of sp³-hybridized carbons (Fsp3) is 0. The smallest absolute Gasteiger partial charge is 0.255 e. The highest BCUT2D eigenvalue weighted by molar-refractivity contribution is 9.10. The normalized spacial score (nSPS) is 10.6. The van der Waals surface area contributed by atoms with Crippen LogP contribution < -0.4 is 5.32 Å². The van der Waals surface area contributed by atoms with E-state index in [4.69, 9.17) is 11.6 Å². The van der Waals surface area contributed by atoms with Crippen molar-refractivity contribution in [1.82, 2.24) is 0 Å². The molecule has 0 radical (unpaired) electrons. The Bertz CT molecular complexity index is 827. The summed E-state index contributed by atoms with van der Waals surface area (Å²) in [5.41, 5.74) is 1.35. The molecule has 2 nitrogen and oxygen atoms in total. The Kier molecular flexibility index (Phi) is 3.95. The van der Waals surface area contributed by atoms with Crippen LogP contribution in [0.25, 0.3) is 10.8 Å². The molecule has 3 aromatic rings. The highest BCUT2D eigenvalue weighted by atomic mass is 79.9. The van der Waals surface area contributed by atoms with Gasteiger partial charge in [-0.05, 0) is 45.6 Å². The number of rotatable bonds is 2. The highest BCUT2D eigenvalue weighted by Gasteiger charge is 2.09. The zero-order chi connectivity index (χ0) is 14.8. The van der Waals surface area contributed by atoms with Crippen LogP contribution in [0.4, 0.5) is 5.69 Å². The number of nitrogens with one attached hydrogen (secondary N) is 1. The lowest BCUT2D eigenvalue weighted by Crippen LogP contribution is -2.12. The van der Waals surface area contributed by atoms with Crippen molar-refractivity contribution in [1.29, 1.82) is 0 Å². The first kappa shape index (κ1) is 14.1. The third-order valence-electron chi connectivity index (χ3n) is 3.22. The molecule has 0 atom stereocenters. The second-order valence-corrected chi connectivity index (χ2v) is 5.87. The molecule has 1 amide bonds. The Hall–Kier alpha value is -1.84. The Morgan fingerprint density at radius 3 is 2.57 bits per heavy atom. The molecule has 0 spiro atoms. The number of hydrogen-bond donors (Lipinski definition) is 1. The van der Waals surface area contributed by atoms with Gasteiger partial charge in [0.1, 0.15) is 0 Å². The van der Waals surface area contributed by atoms with Crippen LogP contribution in [0.3, 0.4) is 0 Å². The van der Waals surface area contributed by atoms with Crippen molar-refractivity contribution in [2.24, 2.45) is 0 Å². The molecular formula is C17H11BrClNO. The first-order chi connectivity index (χ1) is 10.1. The maximum atomic E-state index is 12.3. The van der Waals surface area contributed by atoms with Gasteiger partial charge in [-0.1, -0.05) is 48.0 Å². The monoisotopic (exact) mass is 359 g/mol. The van der Waals surface area contributed by atoms with Crippen LogP contribution in [0, 0.1) is 0 Å². The van der Waals surface area contributed by atoms with Gasteiger partial charge in [0, 0.05) is 21.1 Å². The molecule has 1 N–H and O–H groups in total. The van der Waals surface area contributed by atoms with Crippen molar-refractivity contribution < 1.29 is 4.79 Å². The summed E-state index contributed by atoms with van der Waals surface area (Å²) in [5.74, 6) is -0.163. The number of carbonyl (C=O) groups is 1. The number of halogens is 2. The van der Waals surface area contributed by atoms with Gasteiger partial charge in [0.25, 0.3) is 5.91 Å². The Balaban J connectivity index is 1.94. The number of anilines is 1. The van der Waals surface area contributed by atoms with Gasteiger partial charge in [0.15, 0.2) is 0 Å². The third-order valence-corrected chi connectivity index (χ3v) is 4.43. The van der Waals surface area contributed by atoms with E-state index in [1.165, 1.54) is 0 Å². The summed E-state index contributed by atoms with van der Waals surface area (Å²) in [6.45, 7) is 0. The quantitative estimate of drug-likeness (QED) is 0.641. The topological polar surface area (TPSA) is 29.1 Å². The molecule has 4 heteroatoms. The summed E-state index contributed by atoms with van der Waals surface area (Å²) in [6.07, 6.45) is 0. The van der Waals surface area contributed by atoms with E-state index in [9.17, 15) is 4.79 Å². The second-order valence-electron chi connectivity index (χ2n) is 4.61. The fourth-order valence-corrected chi connectivity index (χ4v) is 2.66. The maximum absolute atomic E-state index is 12.3. The van der Waals surface area contributed by atoms with E-state index in [2.05, 4.69) is 21.2 Å². The molecule has 0 fully saturated rings. The molecule has 0 heterocycles. The average Bonchev–Trinajstić information content (AvgIpc) is 2.50. The Labute approximate surface area is 135 Å². The van der Waals surface area contributed by atoms with Crippen LogP contribution in [0.2, 0.25) is 5.02 Å². The first-order valence-corrected chi connectivity index (χ1v) is 7.56. The van der Waals surface area contributed by atoms with Crippen LogP contribution in [0.5, 0.6) is 0 Å². The van der Waals surface area contributed by atoms with E-state index in [-0.39, 0.29) is 5.91 Å². The summed E-state index contributed by atoms with van der Waals surface area (Å²) in [7, 11) is 0. The summed E-state index contributed by atoms with van der Waals surface area (Å²) < 4.78 is 0.703. The second kappa shape index (κ2) is 5.88. The predicted molar refractivity (Wildman–Crippen MR) is 91.1 cm³/mol. The molecule has 104 valence electrons. The number of hydrogen-bond acceptors (Lipinski definition) is 1. The fourth-order valence-electron chi connectivity index (χ4n) is 2.17. The van der Waals surface area contributed by atoms with Crippen molar-refractivity contribution in [2.45, 2.75) is 0 Å². The van der Waals surface area contributed by atoms with E-state index in [1.807, 2.05) is 42.5 Å². The number of fused-ring (bicyclic) bond motifs is 1. The molecule has 0 aliphatic rings. The summed E-state index contributed by atoms with van der Waals surface area (Å²) in [4.78, 5) is 12.3. The first-order valence-electron chi connectivity index (χ1n) is 6.39. The summed E-state index contributed by atoms with van der Waals surface area (Å²) in [6, 6.07) is 18.9. The van der Waals surface area contributed by atoms with E-state index in [0.717, 1.165) is 16.5 Å². The molecule has 0 saturated carbocycles. The molecule has 21 heavy (non-hydrogen) atoms. The van der Waals surface area contributed by atoms with Crippen molar-refractivity contribution in [3.63, 3.8) is 0 Å². The predicted octanol–water partition coefficient (Wildman–Crippen LogP) is 5.51. The molecule has 0 unspecified atom stereocenters. The van der Waals surface area contributed by atoms with Crippen LogP contribution >= 0.6 is 27.5 Å². The van der Waals surface area contributed by atoms with Gasteiger partial charge < -0.3 is 5.32 Å². The van der Waals surface area contributed by atoms with Gasteiger partial charge >= 0.3 is 0 Å². The molecule has 3 aromatic carbocycles. The zero-order valence-corrected chi connectivity index (χ0v) is 13.3. The SMILES string of the molecule is O=C(Nc1cccc2ccccc12)c1ccc(Cl)c(Br)c1. The zero-order valence-electron chi connectivity index (χ0n) is 10.9. The van der Waals surface area contributed by atoms with E-state index in [0.29, 0.717) is 15.1 Å². The minimum absolute atomic E-state index is 0.163. The number of amides is 1. The van der Waals surface area contributed by atoms with Gasteiger partial charge in [-0.15, -0.1) is 0 Å². The van der Waals surface area contributed by atoms with Gasteiger partial charge in [0.2, 0.25) is 0 Å². The van der Waals surface area contributed by atoms with Crippen molar-refractivity contribution >= 4 is 49.9 Å². The largest absolute Gasteiger partial charge is 0.321 e. The standard InChI is InChI=1S/C17H11BrClNO/c18-14-10-12(8-9-15(14)19)17(21)20-16-7-3-5-11-4-1-2-6-13(11)16/h1-10H,(H,20,21). The highest BCUT2D eigenvalue weighted by Crippen LogP contribution is 2.26. The summed E-state index contributed by atoms with van der Waals surface area (Å²) >= 11 is 9.27. The lowest BCUT2D eigenvalue weighted by atomic mass is 10.1. The van der Waals surface area contributed by atoms with Gasteiger partial charge in [-0.2, -0.15) is 0 Å². The third kappa shape index (κ3) is 2.94. The van der Waals surface area contributed by atoms with Crippen molar-refractivity contribution in [2.75, 3.05) is 5.32 Å². The molecule has 0 aliphatic heterocycles. The lowest BCUT2D eigenvalue weighted by Gasteiger charge is -2.09. The van der Waals surface area contributed by atoms with E-state index in [1.54, 1.807) is 18.2 Å². The summed E-state index contributed by atoms with van der Waals surface area (Å²) in [5, 5.41) is 5.63. The molecule has 0 aliphatic carbocycles. The lowest BCUT2D eigenvalue weighted by molar-refractivity contribution is 0.102. The van der Waals surface area contributed by atoms with Gasteiger partial charge in [0.05, 0.1) is 5.02 Å². The van der Waals surface area contributed by atoms with Crippen molar-refractivity contribution in [3.05, 3.63) is 75.7 Å². The molecular weight excluding hydrogens is 350 g/mol.